The fraction of sp³-hybridized carbons (Fsp3) is 0.600. The van der Waals surface area contributed by atoms with Gasteiger partial charge in [-0.2, -0.15) is 0 Å². The van der Waals surface area contributed by atoms with Crippen LogP contribution < -0.4 is 11.1 Å². The number of nitrogens with two attached hydrogens (primary N) is 1. The van der Waals surface area contributed by atoms with E-state index in [2.05, 4.69) is 34.5 Å². The zero-order chi connectivity index (χ0) is 12.6. The maximum Gasteiger partial charge on any atom is 0.0234 e. The second kappa shape index (κ2) is 7.52. The van der Waals surface area contributed by atoms with Gasteiger partial charge >= 0.3 is 0 Å². The fourth-order valence-electron chi connectivity index (χ4n) is 2.41. The smallest absolute Gasteiger partial charge is 0.0234 e. The maximum absolute atomic E-state index is 5.51. The molecule has 1 aromatic carbocycles. The predicted octanol–water partition coefficient (Wildman–Crippen LogP) is 1.37. The van der Waals surface area contributed by atoms with Crippen LogP contribution >= 0.6 is 0 Å². The van der Waals surface area contributed by atoms with E-state index in [1.165, 1.54) is 17.5 Å². The number of rotatable bonds is 6. The van der Waals surface area contributed by atoms with Crippen LogP contribution in [0.4, 0.5) is 0 Å². The predicted molar refractivity (Wildman–Crippen MR) is 76.6 cm³/mol. The minimum Gasteiger partial charge on any atom is -0.330 e. The second-order valence-corrected chi connectivity index (χ2v) is 5.09. The summed E-state index contributed by atoms with van der Waals surface area (Å²) in [6, 6.07) is 9.10. The minimum absolute atomic E-state index is 0.807. The largest absolute Gasteiger partial charge is 0.330 e. The van der Waals surface area contributed by atoms with Crippen LogP contribution in [0.1, 0.15) is 24.0 Å². The Bertz CT molecular complexity index is 328. The molecule has 3 heteroatoms. The molecule has 1 saturated heterocycles. The van der Waals surface area contributed by atoms with Gasteiger partial charge in [-0.05, 0) is 36.9 Å². The first-order valence-electron chi connectivity index (χ1n) is 7.09. The Morgan fingerprint density at radius 2 is 1.67 bits per heavy atom. The van der Waals surface area contributed by atoms with Crippen LogP contribution in [0, 0.1) is 0 Å². The van der Waals surface area contributed by atoms with Gasteiger partial charge < -0.3 is 11.1 Å². The molecule has 0 spiro atoms. The number of benzene rings is 1. The highest BCUT2D eigenvalue weighted by atomic mass is 15.2. The van der Waals surface area contributed by atoms with Gasteiger partial charge in [-0.1, -0.05) is 24.3 Å². The van der Waals surface area contributed by atoms with Gasteiger partial charge in [0.25, 0.3) is 0 Å². The van der Waals surface area contributed by atoms with E-state index in [1.54, 1.807) is 0 Å². The Morgan fingerprint density at radius 1 is 1.00 bits per heavy atom. The summed E-state index contributed by atoms with van der Waals surface area (Å²) in [7, 11) is 0. The van der Waals surface area contributed by atoms with E-state index in [4.69, 9.17) is 5.73 Å². The fourth-order valence-corrected chi connectivity index (χ4v) is 2.41. The minimum atomic E-state index is 0.807. The molecule has 0 atom stereocenters. The molecular formula is C15H25N3. The van der Waals surface area contributed by atoms with Crippen molar-refractivity contribution in [3.8, 4) is 0 Å². The van der Waals surface area contributed by atoms with Crippen LogP contribution in [0.5, 0.6) is 0 Å². The van der Waals surface area contributed by atoms with E-state index in [1.807, 2.05) is 0 Å². The second-order valence-electron chi connectivity index (χ2n) is 5.09. The van der Waals surface area contributed by atoms with Gasteiger partial charge in [0.15, 0.2) is 0 Å². The van der Waals surface area contributed by atoms with E-state index < -0.39 is 0 Å². The van der Waals surface area contributed by atoms with E-state index in [9.17, 15) is 0 Å². The van der Waals surface area contributed by atoms with Crippen LogP contribution in [0.3, 0.4) is 0 Å². The molecule has 1 heterocycles. The Kier molecular flexibility index (Phi) is 5.65. The first-order chi connectivity index (χ1) is 8.88. The third-order valence-electron chi connectivity index (χ3n) is 3.56. The first kappa shape index (κ1) is 13.5. The Morgan fingerprint density at radius 3 is 2.33 bits per heavy atom. The zero-order valence-electron chi connectivity index (χ0n) is 11.2. The molecule has 1 aliphatic rings. The molecule has 3 nitrogen and oxygen atoms in total. The molecular weight excluding hydrogens is 222 g/mol. The van der Waals surface area contributed by atoms with Crippen LogP contribution in [-0.2, 0) is 13.0 Å². The summed E-state index contributed by atoms with van der Waals surface area (Å²) in [5, 5.41) is 3.39. The number of piperazine rings is 1. The van der Waals surface area contributed by atoms with Gasteiger partial charge in [0.2, 0.25) is 0 Å². The highest BCUT2D eigenvalue weighted by molar-refractivity contribution is 5.22. The van der Waals surface area contributed by atoms with Crippen molar-refractivity contribution in [3.63, 3.8) is 0 Å². The van der Waals surface area contributed by atoms with Crippen molar-refractivity contribution in [2.45, 2.75) is 25.8 Å². The molecule has 1 aliphatic heterocycles. The van der Waals surface area contributed by atoms with E-state index in [-0.39, 0.29) is 0 Å². The van der Waals surface area contributed by atoms with Crippen molar-refractivity contribution in [2.75, 3.05) is 32.7 Å². The molecule has 0 aromatic heterocycles. The van der Waals surface area contributed by atoms with E-state index in [0.717, 1.165) is 52.1 Å². The topological polar surface area (TPSA) is 41.3 Å². The highest BCUT2D eigenvalue weighted by Gasteiger charge is 2.09. The lowest BCUT2D eigenvalue weighted by molar-refractivity contribution is 0.233. The molecule has 1 fully saturated rings. The van der Waals surface area contributed by atoms with E-state index >= 15 is 0 Å². The van der Waals surface area contributed by atoms with Crippen molar-refractivity contribution in [3.05, 3.63) is 35.4 Å². The number of unbranched alkanes of at least 4 members (excludes halogenated alkanes) is 1. The number of aryl methyl sites for hydroxylation is 1. The molecule has 0 bridgehead atoms. The van der Waals surface area contributed by atoms with Crippen LogP contribution in [0.25, 0.3) is 0 Å². The van der Waals surface area contributed by atoms with Crippen molar-refractivity contribution in [2.24, 2.45) is 5.73 Å². The molecule has 0 amide bonds. The lowest BCUT2D eigenvalue weighted by Gasteiger charge is -2.27. The summed E-state index contributed by atoms with van der Waals surface area (Å²) in [4.78, 5) is 2.51. The molecule has 18 heavy (non-hydrogen) atoms. The summed E-state index contributed by atoms with van der Waals surface area (Å²) >= 11 is 0. The average molecular weight is 247 g/mol. The first-order valence-corrected chi connectivity index (χ1v) is 7.09. The maximum atomic E-state index is 5.51. The molecule has 3 N–H and O–H groups in total. The molecule has 1 aromatic rings. The van der Waals surface area contributed by atoms with Crippen molar-refractivity contribution in [1.29, 1.82) is 0 Å². The molecule has 2 rings (SSSR count). The molecule has 0 radical (unpaired) electrons. The van der Waals surface area contributed by atoms with Crippen molar-refractivity contribution in [1.82, 2.24) is 10.2 Å². The standard InChI is InChI=1S/C15H25N3/c16-8-2-1-3-14-4-6-15(7-5-14)13-18-11-9-17-10-12-18/h4-7,17H,1-3,8-13,16H2. The van der Waals surface area contributed by atoms with Gasteiger partial charge in [-0.15, -0.1) is 0 Å². The molecule has 0 aliphatic carbocycles. The van der Waals surface area contributed by atoms with E-state index in [0.29, 0.717) is 0 Å². The average Bonchev–Trinajstić information content (AvgIpc) is 2.42. The van der Waals surface area contributed by atoms with Gasteiger partial charge in [0.1, 0.15) is 0 Å². The zero-order valence-corrected chi connectivity index (χ0v) is 11.2. The number of nitrogens with zero attached hydrogens (tertiary/aromatic N) is 1. The molecule has 0 unspecified atom stereocenters. The summed E-state index contributed by atoms with van der Waals surface area (Å²) < 4.78 is 0. The van der Waals surface area contributed by atoms with Crippen LogP contribution in [0.15, 0.2) is 24.3 Å². The molecule has 0 saturated carbocycles. The summed E-state index contributed by atoms with van der Waals surface area (Å²) in [5.41, 5.74) is 8.38. The number of hydrogen-bond acceptors (Lipinski definition) is 3. The van der Waals surface area contributed by atoms with Crippen LogP contribution in [-0.4, -0.2) is 37.6 Å². The molecule has 100 valence electrons. The Balaban J connectivity index is 1.79. The Hall–Kier alpha value is -0.900. The summed E-state index contributed by atoms with van der Waals surface area (Å²) in [6.07, 6.45) is 3.49. The number of nitrogens with one attached hydrogen (secondary N) is 1. The van der Waals surface area contributed by atoms with Crippen molar-refractivity contribution < 1.29 is 0 Å². The lowest BCUT2D eigenvalue weighted by Crippen LogP contribution is -2.42. The summed E-state index contributed by atoms with van der Waals surface area (Å²) in [5.74, 6) is 0. The number of hydrogen-bond donors (Lipinski definition) is 2. The third-order valence-corrected chi connectivity index (χ3v) is 3.56. The van der Waals surface area contributed by atoms with Gasteiger partial charge in [0.05, 0.1) is 0 Å². The van der Waals surface area contributed by atoms with Gasteiger partial charge in [-0.3, -0.25) is 4.90 Å². The van der Waals surface area contributed by atoms with Crippen molar-refractivity contribution >= 4 is 0 Å². The normalized spacial score (nSPS) is 16.9. The monoisotopic (exact) mass is 247 g/mol. The summed E-state index contributed by atoms with van der Waals surface area (Å²) in [6.45, 7) is 6.47. The lowest BCUT2D eigenvalue weighted by atomic mass is 10.1. The van der Waals surface area contributed by atoms with Crippen LogP contribution in [0.2, 0.25) is 0 Å². The Labute approximate surface area is 110 Å². The SMILES string of the molecule is NCCCCc1ccc(CN2CCNCC2)cc1. The highest BCUT2D eigenvalue weighted by Crippen LogP contribution is 2.10. The quantitative estimate of drug-likeness (QED) is 0.746. The third kappa shape index (κ3) is 4.41. The van der Waals surface area contributed by atoms with Gasteiger partial charge in [0, 0.05) is 32.7 Å². The van der Waals surface area contributed by atoms with Gasteiger partial charge in [-0.25, -0.2) is 0 Å².